The molecule has 1 amide bonds. The third-order valence-electron chi connectivity index (χ3n) is 4.14. The molecule has 12 heteroatoms. The summed E-state index contributed by atoms with van der Waals surface area (Å²) in [7, 11) is -2.30. The summed E-state index contributed by atoms with van der Waals surface area (Å²) < 4.78 is 27.7. The molecule has 3 rings (SSSR count). The second-order valence-corrected chi connectivity index (χ2v) is 9.39. The number of sulfonamides is 1. The molecule has 0 saturated heterocycles. The van der Waals surface area contributed by atoms with E-state index in [1.54, 1.807) is 43.3 Å². The molecular formula is C18H19ClN6O3S2. The number of carbonyl (C=O) groups excluding carboxylic acids is 1. The lowest BCUT2D eigenvalue weighted by atomic mass is 10.2. The summed E-state index contributed by atoms with van der Waals surface area (Å²) >= 11 is 7.26. The molecule has 3 aromatic rings. The van der Waals surface area contributed by atoms with Crippen molar-refractivity contribution < 1.29 is 13.2 Å². The van der Waals surface area contributed by atoms with Crippen LogP contribution in [0.2, 0.25) is 5.02 Å². The van der Waals surface area contributed by atoms with Gasteiger partial charge in [0.25, 0.3) is 0 Å². The fourth-order valence-electron chi connectivity index (χ4n) is 2.61. The summed E-state index contributed by atoms with van der Waals surface area (Å²) in [4.78, 5) is 12.4. The van der Waals surface area contributed by atoms with Crippen molar-refractivity contribution in [3.63, 3.8) is 0 Å². The summed E-state index contributed by atoms with van der Waals surface area (Å²) in [6.07, 6.45) is 0. The lowest BCUT2D eigenvalue weighted by Crippen LogP contribution is -2.20. The van der Waals surface area contributed by atoms with E-state index in [0.717, 1.165) is 11.8 Å². The fraction of sp³-hybridized carbons (Fsp3) is 0.167. The number of anilines is 1. The quantitative estimate of drug-likeness (QED) is 0.359. The molecule has 158 valence electrons. The van der Waals surface area contributed by atoms with E-state index >= 15 is 0 Å². The van der Waals surface area contributed by atoms with Crippen molar-refractivity contribution in [1.29, 1.82) is 0 Å². The predicted octanol–water partition coefficient (Wildman–Crippen LogP) is 2.26. The molecule has 0 unspecified atom stereocenters. The Balaban J connectivity index is 1.69. The third-order valence-corrected chi connectivity index (χ3v) is 6.97. The molecule has 30 heavy (non-hydrogen) atoms. The first kappa shape index (κ1) is 22.1. The molecule has 0 aliphatic heterocycles. The highest BCUT2D eigenvalue weighted by Gasteiger charge is 2.17. The van der Waals surface area contributed by atoms with Crippen molar-refractivity contribution in [3.05, 3.63) is 53.1 Å². The number of aromatic nitrogens is 3. The van der Waals surface area contributed by atoms with Crippen LogP contribution in [0.5, 0.6) is 0 Å². The molecule has 0 bridgehead atoms. The van der Waals surface area contributed by atoms with Crippen molar-refractivity contribution in [2.45, 2.75) is 17.0 Å². The number of aryl methyl sites for hydroxylation is 1. The summed E-state index contributed by atoms with van der Waals surface area (Å²) in [6, 6.07) is 11.8. The summed E-state index contributed by atoms with van der Waals surface area (Å²) in [6.45, 7) is 1.68. The molecule has 0 atom stereocenters. The molecule has 0 aliphatic rings. The zero-order valence-electron chi connectivity index (χ0n) is 16.1. The van der Waals surface area contributed by atoms with Crippen LogP contribution in [0.3, 0.4) is 0 Å². The Morgan fingerprint density at radius 3 is 2.67 bits per heavy atom. The number of hydrogen-bond acceptors (Lipinski definition) is 7. The average Bonchev–Trinajstić information content (AvgIpc) is 3.08. The molecule has 0 radical (unpaired) electrons. The Morgan fingerprint density at radius 1 is 1.23 bits per heavy atom. The van der Waals surface area contributed by atoms with Gasteiger partial charge in [0.2, 0.25) is 21.1 Å². The van der Waals surface area contributed by atoms with Gasteiger partial charge in [-0.2, -0.15) is 0 Å². The van der Waals surface area contributed by atoms with E-state index in [0.29, 0.717) is 32.8 Å². The smallest absolute Gasteiger partial charge is 0.240 e. The summed E-state index contributed by atoms with van der Waals surface area (Å²) in [5.74, 6) is 6.08. The number of nitrogens with one attached hydrogen (secondary N) is 2. The van der Waals surface area contributed by atoms with Crippen LogP contribution in [0, 0.1) is 6.92 Å². The van der Waals surface area contributed by atoms with Crippen LogP contribution in [0.4, 0.5) is 5.69 Å². The van der Waals surface area contributed by atoms with Gasteiger partial charge in [0.1, 0.15) is 0 Å². The Bertz CT molecular complexity index is 1200. The SMILES string of the molecule is CNS(=O)(=O)c1cc(NC(=O)CSc2nnc(-c3ccccc3Cl)n2N)ccc1C. The lowest BCUT2D eigenvalue weighted by Gasteiger charge is -2.10. The van der Waals surface area contributed by atoms with Crippen LogP contribution >= 0.6 is 23.4 Å². The van der Waals surface area contributed by atoms with E-state index < -0.39 is 10.0 Å². The van der Waals surface area contributed by atoms with Crippen molar-refractivity contribution in [2.24, 2.45) is 0 Å². The van der Waals surface area contributed by atoms with Gasteiger partial charge in [0.05, 0.1) is 15.7 Å². The van der Waals surface area contributed by atoms with E-state index in [9.17, 15) is 13.2 Å². The number of rotatable bonds is 7. The molecule has 1 aromatic heterocycles. The molecule has 0 saturated carbocycles. The van der Waals surface area contributed by atoms with Gasteiger partial charge in [-0.25, -0.2) is 17.8 Å². The average molecular weight is 467 g/mol. The maximum Gasteiger partial charge on any atom is 0.240 e. The molecule has 2 aromatic carbocycles. The standard InChI is InChI=1S/C18H19ClN6O3S2/c1-11-7-8-12(9-15(11)30(27,28)21-2)22-16(26)10-29-18-24-23-17(25(18)20)13-5-3-4-6-14(13)19/h3-9,21H,10,20H2,1-2H3,(H,22,26). The van der Waals surface area contributed by atoms with Crippen LogP contribution in [-0.2, 0) is 14.8 Å². The second kappa shape index (κ2) is 9.04. The number of nitrogens with zero attached hydrogens (tertiary/aromatic N) is 3. The number of thioether (sulfide) groups is 1. The number of carbonyl (C=O) groups is 1. The minimum atomic E-state index is -3.63. The van der Waals surface area contributed by atoms with Crippen LogP contribution in [0.1, 0.15) is 5.56 Å². The van der Waals surface area contributed by atoms with Gasteiger partial charge < -0.3 is 11.2 Å². The number of amides is 1. The molecule has 0 aliphatic carbocycles. The number of nitrogen functional groups attached to an aromatic ring is 1. The first-order chi connectivity index (χ1) is 14.2. The van der Waals surface area contributed by atoms with Crippen LogP contribution in [0.15, 0.2) is 52.5 Å². The zero-order valence-corrected chi connectivity index (χ0v) is 18.5. The predicted molar refractivity (Wildman–Crippen MR) is 117 cm³/mol. The van der Waals surface area contributed by atoms with Gasteiger partial charge in [-0.1, -0.05) is 41.6 Å². The van der Waals surface area contributed by atoms with Crippen LogP contribution < -0.4 is 15.9 Å². The molecule has 0 spiro atoms. The van der Waals surface area contributed by atoms with E-state index in [1.807, 2.05) is 0 Å². The van der Waals surface area contributed by atoms with Crippen molar-refractivity contribution in [2.75, 3.05) is 24.0 Å². The van der Waals surface area contributed by atoms with E-state index in [4.69, 9.17) is 17.4 Å². The zero-order chi connectivity index (χ0) is 21.9. The molecule has 0 fully saturated rings. The van der Waals surface area contributed by atoms with E-state index in [-0.39, 0.29) is 16.6 Å². The number of nitrogens with two attached hydrogens (primary N) is 1. The van der Waals surface area contributed by atoms with Crippen molar-refractivity contribution >= 4 is 45.0 Å². The minimum absolute atomic E-state index is 0.000156. The van der Waals surface area contributed by atoms with Gasteiger partial charge in [-0.15, -0.1) is 10.2 Å². The first-order valence-corrected chi connectivity index (χ1v) is 11.5. The normalized spacial score (nSPS) is 11.4. The van der Waals surface area contributed by atoms with Crippen LogP contribution in [-0.4, -0.2) is 42.0 Å². The van der Waals surface area contributed by atoms with Crippen molar-refractivity contribution in [1.82, 2.24) is 19.6 Å². The fourth-order valence-corrected chi connectivity index (χ4v) is 4.48. The minimum Gasteiger partial charge on any atom is -0.335 e. The maximum absolute atomic E-state index is 12.3. The van der Waals surface area contributed by atoms with E-state index in [1.165, 1.54) is 17.8 Å². The molecule has 9 nitrogen and oxygen atoms in total. The van der Waals surface area contributed by atoms with Crippen LogP contribution in [0.25, 0.3) is 11.4 Å². The van der Waals surface area contributed by atoms with E-state index in [2.05, 4.69) is 20.2 Å². The van der Waals surface area contributed by atoms with Gasteiger partial charge in [-0.3, -0.25) is 4.79 Å². The second-order valence-electron chi connectivity index (χ2n) is 6.18. The number of hydrogen-bond donors (Lipinski definition) is 3. The highest BCUT2D eigenvalue weighted by Crippen LogP contribution is 2.27. The topological polar surface area (TPSA) is 132 Å². The van der Waals surface area contributed by atoms with Gasteiger partial charge in [-0.05, 0) is 43.8 Å². The Morgan fingerprint density at radius 2 is 1.97 bits per heavy atom. The monoisotopic (exact) mass is 466 g/mol. The third kappa shape index (κ3) is 4.75. The van der Waals surface area contributed by atoms with Gasteiger partial charge >= 0.3 is 0 Å². The largest absolute Gasteiger partial charge is 0.335 e. The highest BCUT2D eigenvalue weighted by molar-refractivity contribution is 7.99. The number of benzene rings is 2. The van der Waals surface area contributed by atoms with Gasteiger partial charge in [0, 0.05) is 11.3 Å². The first-order valence-electron chi connectivity index (χ1n) is 8.65. The molecule has 1 heterocycles. The Labute approximate surface area is 183 Å². The summed E-state index contributed by atoms with van der Waals surface area (Å²) in [5, 5.41) is 11.5. The van der Waals surface area contributed by atoms with Gasteiger partial charge in [0.15, 0.2) is 5.82 Å². The Hall–Kier alpha value is -2.60. The Kier molecular flexibility index (Phi) is 6.66. The summed E-state index contributed by atoms with van der Waals surface area (Å²) in [5.41, 5.74) is 1.56. The molecular weight excluding hydrogens is 448 g/mol. The highest BCUT2D eigenvalue weighted by atomic mass is 35.5. The number of halogens is 1. The molecule has 4 N–H and O–H groups in total. The lowest BCUT2D eigenvalue weighted by molar-refractivity contribution is -0.113. The maximum atomic E-state index is 12.3. The van der Waals surface area contributed by atoms with Crippen molar-refractivity contribution in [3.8, 4) is 11.4 Å².